The van der Waals surface area contributed by atoms with Crippen LogP contribution in [-0.4, -0.2) is 20.9 Å². The van der Waals surface area contributed by atoms with Crippen molar-refractivity contribution in [3.63, 3.8) is 0 Å². The van der Waals surface area contributed by atoms with E-state index in [9.17, 15) is 9.90 Å². The van der Waals surface area contributed by atoms with Gasteiger partial charge in [0.1, 0.15) is 5.56 Å². The van der Waals surface area contributed by atoms with Crippen molar-refractivity contribution in [2.75, 3.05) is 0 Å². The molecule has 0 aliphatic rings. The van der Waals surface area contributed by atoms with Gasteiger partial charge in [-0.2, -0.15) is 5.10 Å². The van der Waals surface area contributed by atoms with Gasteiger partial charge < -0.3 is 5.11 Å². The molecule has 0 atom stereocenters. The molecule has 0 saturated heterocycles. The van der Waals surface area contributed by atoms with Crippen molar-refractivity contribution < 1.29 is 9.90 Å². The molecule has 0 radical (unpaired) electrons. The molecular weight excluding hydrogens is 360 g/mol. The first-order valence-electron chi connectivity index (χ1n) is 9.99. The van der Waals surface area contributed by atoms with Crippen LogP contribution in [0.25, 0.3) is 16.9 Å². The van der Waals surface area contributed by atoms with Gasteiger partial charge in [-0.05, 0) is 34.9 Å². The lowest BCUT2D eigenvalue weighted by Gasteiger charge is -2.19. The van der Waals surface area contributed by atoms with Crippen molar-refractivity contribution in [1.29, 1.82) is 0 Å². The number of hydrogen-bond donors (Lipinski definition) is 1. The molecule has 3 aromatic rings. The zero-order valence-electron chi connectivity index (χ0n) is 18.2. The van der Waals surface area contributed by atoms with E-state index in [-0.39, 0.29) is 16.4 Å². The highest BCUT2D eigenvalue weighted by molar-refractivity contribution is 5.96. The predicted octanol–water partition coefficient (Wildman–Crippen LogP) is 6.12. The molecule has 152 valence electrons. The first-order chi connectivity index (χ1) is 13.5. The van der Waals surface area contributed by atoms with Gasteiger partial charge in [-0.3, -0.25) is 0 Å². The first kappa shape index (κ1) is 20.8. The van der Waals surface area contributed by atoms with Crippen molar-refractivity contribution >= 4 is 5.97 Å². The molecule has 0 amide bonds. The van der Waals surface area contributed by atoms with E-state index < -0.39 is 5.97 Å². The van der Waals surface area contributed by atoms with Crippen molar-refractivity contribution in [3.8, 4) is 16.9 Å². The second kappa shape index (κ2) is 7.51. The minimum absolute atomic E-state index is 0.0501. The number of carbonyl (C=O) groups is 1. The summed E-state index contributed by atoms with van der Waals surface area (Å²) in [5, 5.41) is 14.9. The van der Waals surface area contributed by atoms with Crippen LogP contribution in [0.3, 0.4) is 0 Å². The van der Waals surface area contributed by atoms with E-state index in [0.29, 0.717) is 17.8 Å². The van der Waals surface area contributed by atoms with Crippen LogP contribution in [0.5, 0.6) is 0 Å². The Morgan fingerprint density at radius 3 is 2.00 bits per heavy atom. The fourth-order valence-electron chi connectivity index (χ4n) is 3.47. The topological polar surface area (TPSA) is 55.1 Å². The van der Waals surface area contributed by atoms with Crippen LogP contribution in [-0.2, 0) is 11.8 Å². The maximum absolute atomic E-state index is 12.3. The molecule has 0 bridgehead atoms. The van der Waals surface area contributed by atoms with Gasteiger partial charge in [-0.1, -0.05) is 84.0 Å². The number of aromatic nitrogens is 2. The van der Waals surface area contributed by atoms with E-state index in [1.807, 2.05) is 42.5 Å². The van der Waals surface area contributed by atoms with Crippen molar-refractivity contribution in [2.24, 2.45) is 5.41 Å². The molecule has 4 heteroatoms. The normalized spacial score (nSPS) is 12.2. The van der Waals surface area contributed by atoms with E-state index in [1.54, 1.807) is 4.68 Å². The molecule has 0 unspecified atom stereocenters. The molecular formula is C25H30N2O2. The summed E-state index contributed by atoms with van der Waals surface area (Å²) in [7, 11) is 0. The maximum Gasteiger partial charge on any atom is 0.339 e. The van der Waals surface area contributed by atoms with Gasteiger partial charge >= 0.3 is 5.97 Å². The third kappa shape index (κ3) is 4.58. The maximum atomic E-state index is 12.3. The quantitative estimate of drug-likeness (QED) is 0.583. The zero-order valence-corrected chi connectivity index (χ0v) is 18.2. The summed E-state index contributed by atoms with van der Waals surface area (Å²) >= 11 is 0. The van der Waals surface area contributed by atoms with Gasteiger partial charge in [0.2, 0.25) is 0 Å². The Kier molecular flexibility index (Phi) is 5.40. The van der Waals surface area contributed by atoms with Crippen LogP contribution in [0.2, 0.25) is 0 Å². The number of rotatable bonds is 4. The smallest absolute Gasteiger partial charge is 0.339 e. The third-order valence-corrected chi connectivity index (χ3v) is 4.89. The largest absolute Gasteiger partial charge is 0.478 e. The van der Waals surface area contributed by atoms with Gasteiger partial charge in [0, 0.05) is 5.56 Å². The number of carboxylic acid groups (broad SMARTS) is 1. The highest BCUT2D eigenvalue weighted by Crippen LogP contribution is 2.33. The number of carboxylic acids is 1. The van der Waals surface area contributed by atoms with Crippen LogP contribution in [0.1, 0.15) is 63.2 Å². The van der Waals surface area contributed by atoms with Crippen LogP contribution in [0, 0.1) is 5.41 Å². The highest BCUT2D eigenvalue weighted by Gasteiger charge is 2.28. The minimum atomic E-state index is -0.944. The summed E-state index contributed by atoms with van der Waals surface area (Å²) in [6, 6.07) is 17.9. The Bertz CT molecular complexity index is 1000. The second-order valence-electron chi connectivity index (χ2n) is 9.79. The van der Waals surface area contributed by atoms with E-state index in [4.69, 9.17) is 5.10 Å². The number of nitrogens with zero attached hydrogens (tertiary/aromatic N) is 2. The summed E-state index contributed by atoms with van der Waals surface area (Å²) in [5.41, 5.74) is 4.43. The Hall–Kier alpha value is -2.88. The van der Waals surface area contributed by atoms with Gasteiger partial charge in [0.15, 0.2) is 0 Å². The molecule has 1 N–H and O–H groups in total. The predicted molar refractivity (Wildman–Crippen MR) is 118 cm³/mol. The Balaban J connectivity index is 2.25. The lowest BCUT2D eigenvalue weighted by Crippen LogP contribution is -2.13. The summed E-state index contributed by atoms with van der Waals surface area (Å²) in [4.78, 5) is 12.3. The summed E-state index contributed by atoms with van der Waals surface area (Å²) < 4.78 is 1.78. The first-order valence-corrected chi connectivity index (χ1v) is 9.99. The van der Waals surface area contributed by atoms with Crippen LogP contribution < -0.4 is 0 Å². The Morgan fingerprint density at radius 1 is 0.931 bits per heavy atom. The average Bonchev–Trinajstić information content (AvgIpc) is 2.99. The van der Waals surface area contributed by atoms with Gasteiger partial charge in [0.25, 0.3) is 0 Å². The molecule has 2 aromatic carbocycles. The highest BCUT2D eigenvalue weighted by atomic mass is 16.4. The van der Waals surface area contributed by atoms with Crippen LogP contribution in [0.4, 0.5) is 0 Å². The molecule has 0 saturated carbocycles. The van der Waals surface area contributed by atoms with Gasteiger partial charge in [-0.15, -0.1) is 0 Å². The number of aromatic carboxylic acids is 1. The van der Waals surface area contributed by atoms with E-state index >= 15 is 0 Å². The van der Waals surface area contributed by atoms with E-state index in [2.05, 4.69) is 53.7 Å². The monoisotopic (exact) mass is 390 g/mol. The molecule has 0 fully saturated rings. The Labute approximate surface area is 173 Å². The minimum Gasteiger partial charge on any atom is -0.478 e. The number of benzene rings is 2. The summed E-state index contributed by atoms with van der Waals surface area (Å²) in [6.07, 6.45) is 0.585. The SMILES string of the molecule is CC(C)(C)Cc1nn(-c2ccc(C(C)(C)C)cc2)c(-c2ccccc2)c1C(=O)O. The summed E-state index contributed by atoms with van der Waals surface area (Å²) in [5.74, 6) is -0.944. The van der Waals surface area contributed by atoms with Gasteiger partial charge in [0.05, 0.1) is 17.1 Å². The third-order valence-electron chi connectivity index (χ3n) is 4.89. The molecule has 0 aliphatic carbocycles. The van der Waals surface area contributed by atoms with Crippen molar-refractivity contribution in [3.05, 3.63) is 71.4 Å². The molecule has 3 rings (SSSR count). The molecule has 4 nitrogen and oxygen atoms in total. The standard InChI is InChI=1S/C25H30N2O2/c1-24(2,3)16-20-21(23(28)29)22(17-10-8-7-9-11-17)27(26-20)19-14-12-18(13-15-19)25(4,5)6/h7-15H,16H2,1-6H3,(H,28,29). The van der Waals surface area contributed by atoms with E-state index in [1.165, 1.54) is 5.56 Å². The molecule has 0 aliphatic heterocycles. The van der Waals surface area contributed by atoms with Crippen molar-refractivity contribution in [2.45, 2.75) is 53.4 Å². The molecule has 0 spiro atoms. The summed E-state index contributed by atoms with van der Waals surface area (Å²) in [6.45, 7) is 12.8. The van der Waals surface area contributed by atoms with Crippen LogP contribution in [0.15, 0.2) is 54.6 Å². The number of hydrogen-bond acceptors (Lipinski definition) is 2. The molecule has 1 aromatic heterocycles. The van der Waals surface area contributed by atoms with E-state index in [0.717, 1.165) is 11.3 Å². The fraction of sp³-hybridized carbons (Fsp3) is 0.360. The average molecular weight is 391 g/mol. The fourth-order valence-corrected chi connectivity index (χ4v) is 3.47. The molecule has 1 heterocycles. The van der Waals surface area contributed by atoms with Gasteiger partial charge in [-0.25, -0.2) is 9.48 Å². The van der Waals surface area contributed by atoms with Crippen LogP contribution >= 0.6 is 0 Å². The lowest BCUT2D eigenvalue weighted by atomic mass is 9.87. The Morgan fingerprint density at radius 2 is 1.52 bits per heavy atom. The lowest BCUT2D eigenvalue weighted by molar-refractivity contribution is 0.0696. The zero-order chi connectivity index (χ0) is 21.4. The molecule has 29 heavy (non-hydrogen) atoms. The second-order valence-corrected chi connectivity index (χ2v) is 9.79. The van der Waals surface area contributed by atoms with Crippen molar-refractivity contribution in [1.82, 2.24) is 9.78 Å².